The van der Waals surface area contributed by atoms with E-state index < -0.39 is 0 Å². The van der Waals surface area contributed by atoms with Crippen LogP contribution in [0.4, 0.5) is 0 Å². The quantitative estimate of drug-likeness (QED) is 0.389. The van der Waals surface area contributed by atoms with Gasteiger partial charge in [0.05, 0.1) is 0 Å². The largest absolute Gasteiger partial charge is 3.00 e. The van der Waals surface area contributed by atoms with Gasteiger partial charge in [0, 0.05) is 0 Å². The van der Waals surface area contributed by atoms with E-state index in [9.17, 15) is 0 Å². The van der Waals surface area contributed by atoms with E-state index in [1.54, 1.807) is 0 Å². The first-order valence-electron chi connectivity index (χ1n) is 0. The first-order chi connectivity index (χ1) is 0. The van der Waals surface area contributed by atoms with Gasteiger partial charge in [0.25, 0.3) is 0 Å². The van der Waals surface area contributed by atoms with Gasteiger partial charge in [-0.25, -0.2) is 0 Å². The molecule has 0 heterocycles. The molecule has 0 aromatic carbocycles. The van der Waals surface area contributed by atoms with Crippen LogP contribution in [-0.4, -0.2) is 66.9 Å². The van der Waals surface area contributed by atoms with Crippen LogP contribution in [0, 0.1) is 77.3 Å². The van der Waals surface area contributed by atoms with Crippen LogP contribution >= 0.6 is 0 Å². The van der Waals surface area contributed by atoms with E-state index in [0.717, 1.165) is 0 Å². The Hall–Kier alpha value is 3.02. The average Bonchev–Trinajstić information content (AvgIpc) is 0. The SMILES string of the molecule is [Ce+3].[La+3].[Mg+2].[OH-].[OH-].[OH-].[OH-].[OH-].[OH-].[OH-].[OH-]. The van der Waals surface area contributed by atoms with Crippen LogP contribution in [-0.2, 0) is 0 Å². The van der Waals surface area contributed by atoms with Gasteiger partial charge in [0.1, 0.15) is 0 Å². The van der Waals surface area contributed by atoms with Crippen molar-refractivity contribution in [3.05, 3.63) is 0 Å². The maximum atomic E-state index is 0. The summed E-state index contributed by atoms with van der Waals surface area (Å²) in [7, 11) is 0. The van der Waals surface area contributed by atoms with Crippen LogP contribution in [0.5, 0.6) is 0 Å². The second-order valence-corrected chi connectivity index (χ2v) is 0. The Bertz CT molecular complexity index is 14.1. The van der Waals surface area contributed by atoms with Crippen molar-refractivity contribution < 1.29 is 121 Å². The fourth-order valence-corrected chi connectivity index (χ4v) is 0. The maximum absolute atomic E-state index is 0. The number of hydrogen-bond acceptors (Lipinski definition) is 8. The van der Waals surface area contributed by atoms with Crippen molar-refractivity contribution in [2.75, 3.05) is 0 Å². The standard InChI is InChI=1S/Ce.La.Mg.8H2O/h;;;8*1H2/q2*+3;+2;;;;;;;;/p-8. The molecular formula is H8CeLaMgO8. The molecule has 0 aliphatic rings. The zero-order chi connectivity index (χ0) is 0. The molecule has 0 spiro atoms. The molecule has 0 fully saturated rings. The summed E-state index contributed by atoms with van der Waals surface area (Å²) in [6.07, 6.45) is 0. The second-order valence-electron chi connectivity index (χ2n) is 0. The van der Waals surface area contributed by atoms with Gasteiger partial charge in [-0.2, -0.15) is 0 Å². The predicted octanol–water partition coefficient (Wildman–Crippen LogP) is -1.80. The van der Waals surface area contributed by atoms with Gasteiger partial charge < -0.3 is 43.8 Å². The molecule has 0 aliphatic carbocycles. The summed E-state index contributed by atoms with van der Waals surface area (Å²) in [5, 5.41) is 0. The van der Waals surface area contributed by atoms with Gasteiger partial charge in [-0.1, -0.05) is 0 Å². The van der Waals surface area contributed by atoms with Crippen molar-refractivity contribution >= 4 is 23.1 Å². The van der Waals surface area contributed by atoms with Crippen molar-refractivity contribution in [2.24, 2.45) is 0 Å². The zero-order valence-electron chi connectivity index (χ0n) is 5.36. The smallest absolute Gasteiger partial charge is 0.870 e. The summed E-state index contributed by atoms with van der Waals surface area (Å²) in [5.41, 5.74) is 0. The summed E-state index contributed by atoms with van der Waals surface area (Å²) in [6.45, 7) is 0. The third-order valence-electron chi connectivity index (χ3n) is 0. The Balaban J connectivity index is 0. The first kappa shape index (κ1) is 261. The van der Waals surface area contributed by atoms with E-state index in [-0.39, 0.29) is 144 Å². The van der Waals surface area contributed by atoms with Crippen molar-refractivity contribution in [3.63, 3.8) is 0 Å². The Kier molecular flexibility index (Phi) is 4900. The van der Waals surface area contributed by atoms with E-state index in [2.05, 4.69) is 0 Å². The van der Waals surface area contributed by atoms with Gasteiger partial charge in [0.15, 0.2) is 0 Å². The monoisotopic (exact) mass is 439 g/mol. The first-order valence-corrected chi connectivity index (χ1v) is 0. The maximum Gasteiger partial charge on any atom is 3.00 e. The minimum atomic E-state index is 0. The van der Waals surface area contributed by atoms with Crippen molar-refractivity contribution in [2.45, 2.75) is 0 Å². The molecule has 11 heteroatoms. The normalized spacial score (nSPS) is 0. The molecule has 0 rings (SSSR count). The van der Waals surface area contributed by atoms with Crippen LogP contribution < -0.4 is 0 Å². The molecule has 11 heavy (non-hydrogen) atoms. The van der Waals surface area contributed by atoms with Gasteiger partial charge in [0.2, 0.25) is 0 Å². The predicted molar refractivity (Wildman–Crippen MR) is 21.2 cm³/mol. The number of rotatable bonds is 0. The molecule has 0 amide bonds. The minimum Gasteiger partial charge on any atom is -0.870 e. The molecule has 0 unspecified atom stereocenters. The summed E-state index contributed by atoms with van der Waals surface area (Å²) in [4.78, 5) is 0. The molecule has 8 N–H and O–H groups in total. The molecule has 1 radical (unpaired) electrons. The molecule has 0 saturated heterocycles. The van der Waals surface area contributed by atoms with E-state index in [4.69, 9.17) is 0 Å². The molecule has 65 valence electrons. The van der Waals surface area contributed by atoms with Gasteiger partial charge in [-0.05, 0) is 0 Å². The van der Waals surface area contributed by atoms with E-state index >= 15 is 0 Å². The summed E-state index contributed by atoms with van der Waals surface area (Å²) in [6, 6.07) is 0. The molecule has 0 aromatic rings. The van der Waals surface area contributed by atoms with Crippen molar-refractivity contribution in [1.82, 2.24) is 0 Å². The second kappa shape index (κ2) is 206. The molecule has 0 saturated carbocycles. The summed E-state index contributed by atoms with van der Waals surface area (Å²) in [5.74, 6) is 0. The van der Waals surface area contributed by atoms with Crippen molar-refractivity contribution in [3.8, 4) is 0 Å². The van der Waals surface area contributed by atoms with E-state index in [1.807, 2.05) is 0 Å². The fraction of sp³-hybridized carbons (Fsp3) is 0. The fourth-order valence-electron chi connectivity index (χ4n) is 0. The third-order valence-corrected chi connectivity index (χ3v) is 0. The van der Waals surface area contributed by atoms with Gasteiger partial charge in [-0.15, -0.1) is 0 Å². The van der Waals surface area contributed by atoms with Crippen molar-refractivity contribution in [1.29, 1.82) is 0 Å². The molecule has 0 atom stereocenters. The van der Waals surface area contributed by atoms with Crippen LogP contribution in [0.15, 0.2) is 0 Å². The third kappa shape index (κ3) is 174. The van der Waals surface area contributed by atoms with E-state index in [1.165, 1.54) is 0 Å². The molecule has 8 nitrogen and oxygen atoms in total. The molecular weight excluding hydrogens is 431 g/mol. The summed E-state index contributed by atoms with van der Waals surface area (Å²) >= 11 is 0. The van der Waals surface area contributed by atoms with Gasteiger partial charge in [-0.3, -0.25) is 0 Å². The molecule has 0 bridgehead atoms. The Morgan fingerprint density at radius 2 is 0.364 bits per heavy atom. The Morgan fingerprint density at radius 3 is 0.364 bits per heavy atom. The van der Waals surface area contributed by atoms with Crippen LogP contribution in [0.25, 0.3) is 0 Å². The average molecular weight is 439 g/mol. The Morgan fingerprint density at radius 1 is 0.364 bits per heavy atom. The zero-order valence-corrected chi connectivity index (χ0v) is 13.5. The van der Waals surface area contributed by atoms with Gasteiger partial charge >= 0.3 is 100 Å². The minimum absolute atomic E-state index is 0. The van der Waals surface area contributed by atoms with Crippen LogP contribution in [0.2, 0.25) is 0 Å². The van der Waals surface area contributed by atoms with Crippen LogP contribution in [0.3, 0.4) is 0 Å². The van der Waals surface area contributed by atoms with Crippen LogP contribution in [0.1, 0.15) is 0 Å². The molecule has 0 aliphatic heterocycles. The van der Waals surface area contributed by atoms with E-state index in [0.29, 0.717) is 0 Å². The summed E-state index contributed by atoms with van der Waals surface area (Å²) < 4.78 is 0. The number of hydrogen-bond donors (Lipinski definition) is 0. The Labute approximate surface area is 141 Å². The molecule has 0 aromatic heterocycles. The topological polar surface area (TPSA) is 240 Å².